The maximum absolute atomic E-state index is 11.4. The first-order valence-electron chi connectivity index (χ1n) is 5.57. The molecule has 19 heavy (non-hydrogen) atoms. The quantitative estimate of drug-likeness (QED) is 0.600. The van der Waals surface area contributed by atoms with Gasteiger partial charge >= 0.3 is 12.0 Å². The number of hydrazine groups is 1. The Morgan fingerprint density at radius 2 is 2.05 bits per heavy atom. The van der Waals surface area contributed by atoms with Gasteiger partial charge in [-0.25, -0.2) is 10.2 Å². The Morgan fingerprint density at radius 1 is 1.32 bits per heavy atom. The molecule has 7 nitrogen and oxygen atoms in total. The van der Waals surface area contributed by atoms with Crippen molar-refractivity contribution in [3.63, 3.8) is 0 Å². The average molecular weight is 267 g/mol. The molecule has 0 aromatic heterocycles. The van der Waals surface area contributed by atoms with E-state index in [1.54, 1.807) is 24.3 Å². The van der Waals surface area contributed by atoms with Crippen molar-refractivity contribution in [3.05, 3.63) is 24.3 Å². The first kappa shape index (κ1) is 14.6. The van der Waals surface area contributed by atoms with Crippen LogP contribution in [0.3, 0.4) is 0 Å². The molecule has 0 heterocycles. The molecule has 0 aliphatic rings. The zero-order valence-electron chi connectivity index (χ0n) is 11.1. The predicted octanol–water partition coefficient (Wildman–Crippen LogP) is 0.519. The Balaban J connectivity index is 2.92. The van der Waals surface area contributed by atoms with E-state index in [-0.39, 0.29) is 6.54 Å². The zero-order chi connectivity index (χ0) is 14.3. The van der Waals surface area contributed by atoms with E-state index >= 15 is 0 Å². The van der Waals surface area contributed by atoms with Crippen LogP contribution < -0.4 is 20.5 Å². The molecule has 2 amide bonds. The summed E-state index contributed by atoms with van der Waals surface area (Å²) in [5, 5.41) is 3.78. The molecule has 1 rings (SSSR count). The van der Waals surface area contributed by atoms with Gasteiger partial charge in [0.1, 0.15) is 12.3 Å². The second kappa shape index (κ2) is 7.10. The lowest BCUT2D eigenvalue weighted by molar-refractivity contribution is -0.139. The molecule has 0 unspecified atom stereocenters. The summed E-state index contributed by atoms with van der Waals surface area (Å²) < 4.78 is 9.69. The van der Waals surface area contributed by atoms with E-state index in [2.05, 4.69) is 15.5 Å². The van der Waals surface area contributed by atoms with Gasteiger partial charge in [0.05, 0.1) is 19.9 Å². The van der Waals surface area contributed by atoms with E-state index < -0.39 is 12.0 Å². The van der Waals surface area contributed by atoms with Crippen LogP contribution in [-0.2, 0) is 9.53 Å². The smallest absolute Gasteiger partial charge is 0.333 e. The molecule has 0 atom stereocenters. The number of hydrogen-bond acceptors (Lipinski definition) is 5. The highest BCUT2D eigenvalue weighted by Crippen LogP contribution is 2.19. The van der Waals surface area contributed by atoms with Crippen molar-refractivity contribution in [3.8, 4) is 5.75 Å². The molecule has 0 aliphatic heterocycles. The van der Waals surface area contributed by atoms with Crippen molar-refractivity contribution in [1.29, 1.82) is 0 Å². The highest BCUT2D eigenvalue weighted by molar-refractivity contribution is 5.80. The minimum Gasteiger partial charge on any atom is -0.497 e. The largest absolute Gasteiger partial charge is 0.497 e. The fraction of sp³-hybridized carbons (Fsp3) is 0.333. The van der Waals surface area contributed by atoms with Gasteiger partial charge in [-0.3, -0.25) is 9.80 Å². The lowest BCUT2D eigenvalue weighted by Gasteiger charge is -2.24. The standard InChI is InChI=1S/C12H17N3O4/c1-13-12(17)14-15(8-11(16)19-3)9-5-4-6-10(7-9)18-2/h4-7H,8H2,1-3H3,(H2,13,14,17). The van der Waals surface area contributed by atoms with E-state index in [9.17, 15) is 9.59 Å². The molecule has 0 aliphatic carbocycles. The lowest BCUT2D eigenvalue weighted by Crippen LogP contribution is -2.48. The van der Waals surface area contributed by atoms with Crippen LogP contribution in [0.25, 0.3) is 0 Å². The molecule has 0 saturated heterocycles. The second-order valence-electron chi connectivity index (χ2n) is 3.55. The van der Waals surface area contributed by atoms with Crippen molar-refractivity contribution in [2.24, 2.45) is 0 Å². The normalized spacial score (nSPS) is 9.42. The molecule has 0 radical (unpaired) electrons. The predicted molar refractivity (Wildman–Crippen MR) is 69.9 cm³/mol. The monoisotopic (exact) mass is 267 g/mol. The highest BCUT2D eigenvalue weighted by Gasteiger charge is 2.14. The van der Waals surface area contributed by atoms with E-state index in [0.29, 0.717) is 11.4 Å². The van der Waals surface area contributed by atoms with Gasteiger partial charge in [-0.1, -0.05) is 6.07 Å². The van der Waals surface area contributed by atoms with E-state index in [0.717, 1.165) is 0 Å². The molecule has 0 saturated carbocycles. The van der Waals surface area contributed by atoms with Gasteiger partial charge in [-0.05, 0) is 12.1 Å². The van der Waals surface area contributed by atoms with Crippen LogP contribution >= 0.6 is 0 Å². The number of benzene rings is 1. The van der Waals surface area contributed by atoms with Crippen LogP contribution in [0.2, 0.25) is 0 Å². The van der Waals surface area contributed by atoms with Crippen molar-refractivity contribution >= 4 is 17.7 Å². The van der Waals surface area contributed by atoms with Crippen molar-refractivity contribution in [2.75, 3.05) is 32.8 Å². The summed E-state index contributed by atoms with van der Waals surface area (Å²) in [6.07, 6.45) is 0. The molecule has 7 heteroatoms. The molecule has 0 bridgehead atoms. The second-order valence-corrected chi connectivity index (χ2v) is 3.55. The number of urea groups is 1. The summed E-state index contributed by atoms with van der Waals surface area (Å²) in [7, 11) is 4.30. The Hall–Kier alpha value is -2.44. The number of ether oxygens (including phenoxy) is 2. The SMILES string of the molecule is CNC(=O)NN(CC(=O)OC)c1cccc(OC)c1. The van der Waals surface area contributed by atoms with E-state index in [4.69, 9.17) is 4.74 Å². The first-order valence-corrected chi connectivity index (χ1v) is 5.57. The molecule has 0 spiro atoms. The van der Waals surface area contributed by atoms with Crippen molar-refractivity contribution in [1.82, 2.24) is 10.7 Å². The highest BCUT2D eigenvalue weighted by atomic mass is 16.5. The minimum atomic E-state index is -0.473. The topological polar surface area (TPSA) is 79.9 Å². The van der Waals surface area contributed by atoms with Crippen LogP contribution in [0.5, 0.6) is 5.75 Å². The van der Waals surface area contributed by atoms with Gasteiger partial charge in [0.15, 0.2) is 0 Å². The minimum absolute atomic E-state index is 0.114. The fourth-order valence-electron chi connectivity index (χ4n) is 1.35. The number of carbonyl (C=O) groups is 2. The van der Waals surface area contributed by atoms with Crippen LogP contribution in [0, 0.1) is 0 Å². The van der Waals surface area contributed by atoms with Gasteiger partial charge in [-0.2, -0.15) is 0 Å². The summed E-state index contributed by atoms with van der Waals surface area (Å²) in [6.45, 7) is -0.114. The summed E-state index contributed by atoms with van der Waals surface area (Å²) in [5.74, 6) is 0.144. The molecule has 1 aromatic rings. The summed E-state index contributed by atoms with van der Waals surface area (Å²) in [5.41, 5.74) is 3.13. The number of methoxy groups -OCH3 is 2. The average Bonchev–Trinajstić information content (AvgIpc) is 2.46. The molecular formula is C12H17N3O4. The van der Waals surface area contributed by atoms with E-state index in [1.165, 1.54) is 26.3 Å². The third kappa shape index (κ3) is 4.38. The third-order valence-corrected chi connectivity index (χ3v) is 2.34. The van der Waals surface area contributed by atoms with Crippen LogP contribution in [0.15, 0.2) is 24.3 Å². The van der Waals surface area contributed by atoms with Gasteiger partial charge in [0.2, 0.25) is 0 Å². The number of hydrogen-bond donors (Lipinski definition) is 2. The number of nitrogens with zero attached hydrogens (tertiary/aromatic N) is 1. The fourth-order valence-corrected chi connectivity index (χ4v) is 1.35. The Kier molecular flexibility index (Phi) is 5.46. The number of anilines is 1. The first-order chi connectivity index (χ1) is 9.10. The maximum Gasteiger partial charge on any atom is 0.333 e. The van der Waals surface area contributed by atoms with Gasteiger partial charge in [-0.15, -0.1) is 0 Å². The molecule has 104 valence electrons. The van der Waals surface area contributed by atoms with E-state index in [1.807, 2.05) is 0 Å². The molecule has 2 N–H and O–H groups in total. The number of rotatable bonds is 5. The van der Waals surface area contributed by atoms with Gasteiger partial charge in [0, 0.05) is 13.1 Å². The maximum atomic E-state index is 11.4. The molecule has 0 fully saturated rings. The molecular weight excluding hydrogens is 250 g/mol. The van der Waals surface area contributed by atoms with Crippen LogP contribution in [0.4, 0.5) is 10.5 Å². The third-order valence-electron chi connectivity index (χ3n) is 2.34. The van der Waals surface area contributed by atoms with Crippen LogP contribution in [0.1, 0.15) is 0 Å². The lowest BCUT2D eigenvalue weighted by atomic mass is 10.3. The van der Waals surface area contributed by atoms with Gasteiger partial charge < -0.3 is 14.8 Å². The summed E-state index contributed by atoms with van der Waals surface area (Å²) >= 11 is 0. The number of amides is 2. The number of nitrogens with one attached hydrogen (secondary N) is 2. The molecule has 1 aromatic carbocycles. The van der Waals surface area contributed by atoms with Gasteiger partial charge in [0.25, 0.3) is 0 Å². The Morgan fingerprint density at radius 3 is 2.63 bits per heavy atom. The number of carbonyl (C=O) groups excluding carboxylic acids is 2. The van der Waals surface area contributed by atoms with Crippen molar-refractivity contribution < 1.29 is 19.1 Å². The Bertz CT molecular complexity index is 432. The Labute approximate surface area is 111 Å². The van der Waals surface area contributed by atoms with Crippen LogP contribution in [-0.4, -0.2) is 39.8 Å². The summed E-state index contributed by atoms with van der Waals surface area (Å²) in [6, 6.07) is 6.51. The van der Waals surface area contributed by atoms with Crippen molar-refractivity contribution in [2.45, 2.75) is 0 Å². The zero-order valence-corrected chi connectivity index (χ0v) is 11.1. The summed E-state index contributed by atoms with van der Waals surface area (Å²) in [4.78, 5) is 22.7. The number of esters is 1.